The Morgan fingerprint density at radius 1 is 1.35 bits per heavy atom. The summed E-state index contributed by atoms with van der Waals surface area (Å²) in [5.74, 6) is 0.462. The van der Waals surface area contributed by atoms with Crippen LogP contribution in [-0.2, 0) is 4.79 Å². The van der Waals surface area contributed by atoms with Gasteiger partial charge in [-0.2, -0.15) is 15.1 Å². The molecule has 0 bridgehead atoms. The van der Waals surface area contributed by atoms with Crippen molar-refractivity contribution >= 4 is 39.8 Å². The van der Waals surface area contributed by atoms with Crippen LogP contribution in [0.3, 0.4) is 0 Å². The molecule has 0 spiro atoms. The number of nitrogens with zero attached hydrogens (tertiary/aromatic N) is 3. The molecule has 1 amide bonds. The molecular formula is C16H16N4O2S. The number of hydrogen-bond donors (Lipinski definition) is 1. The van der Waals surface area contributed by atoms with Gasteiger partial charge in [-0.1, -0.05) is 32.0 Å². The molecule has 7 heteroatoms. The topological polar surface area (TPSA) is 78.1 Å². The number of carbonyl (C=O) groups excluding carboxylic acids is 1. The van der Waals surface area contributed by atoms with Crippen molar-refractivity contribution in [2.75, 3.05) is 7.11 Å². The molecule has 2 aliphatic heterocycles. The van der Waals surface area contributed by atoms with Crippen molar-refractivity contribution in [1.82, 2.24) is 5.01 Å². The lowest BCUT2D eigenvalue weighted by Crippen LogP contribution is -2.35. The lowest BCUT2D eigenvalue weighted by molar-refractivity contribution is -0.114. The fourth-order valence-corrected chi connectivity index (χ4v) is 3.07. The maximum absolute atomic E-state index is 12.3. The third-order valence-electron chi connectivity index (χ3n) is 3.40. The van der Waals surface area contributed by atoms with E-state index in [2.05, 4.69) is 10.1 Å². The lowest BCUT2D eigenvalue weighted by Gasteiger charge is -2.20. The van der Waals surface area contributed by atoms with Crippen LogP contribution in [0.4, 0.5) is 0 Å². The molecule has 3 rings (SSSR count). The fraction of sp³-hybridized carbons (Fsp3) is 0.250. The van der Waals surface area contributed by atoms with Gasteiger partial charge < -0.3 is 4.74 Å². The number of carbonyl (C=O) groups is 1. The van der Waals surface area contributed by atoms with Gasteiger partial charge in [-0.3, -0.25) is 10.2 Å². The molecule has 23 heavy (non-hydrogen) atoms. The maximum atomic E-state index is 12.3. The van der Waals surface area contributed by atoms with Gasteiger partial charge in [0, 0.05) is 11.5 Å². The van der Waals surface area contributed by atoms with E-state index >= 15 is 0 Å². The van der Waals surface area contributed by atoms with Crippen LogP contribution in [-0.4, -0.2) is 34.1 Å². The van der Waals surface area contributed by atoms with Gasteiger partial charge in [0.25, 0.3) is 5.91 Å². The molecule has 0 aliphatic carbocycles. The zero-order valence-electron chi connectivity index (χ0n) is 13.0. The van der Waals surface area contributed by atoms with Crippen LogP contribution in [0.1, 0.15) is 19.4 Å². The zero-order valence-corrected chi connectivity index (χ0v) is 13.8. The Labute approximate surface area is 138 Å². The second kappa shape index (κ2) is 6.00. The number of amides is 1. The number of nitrogens with one attached hydrogen (secondary N) is 1. The Morgan fingerprint density at radius 3 is 2.78 bits per heavy atom. The van der Waals surface area contributed by atoms with E-state index in [4.69, 9.17) is 10.1 Å². The minimum Gasteiger partial charge on any atom is -0.496 e. The Hall–Kier alpha value is -2.41. The number of fused-ring (bicyclic) bond motifs is 1. The number of aliphatic imine (C=N–C) groups is 1. The standard InChI is InChI=1S/C16H16N4O2S/c1-9(2)15-19-20-13(17)11(14(21)18-16(20)23-15)8-10-6-4-5-7-12(10)22-3/h4-9,17H,1-3H3/b11-8+,17-13?. The molecule has 2 aliphatic rings. The molecule has 0 saturated carbocycles. The Bertz CT molecular complexity index is 780. The van der Waals surface area contributed by atoms with Crippen LogP contribution in [0.2, 0.25) is 0 Å². The molecule has 0 unspecified atom stereocenters. The summed E-state index contributed by atoms with van der Waals surface area (Å²) >= 11 is 1.34. The minimum absolute atomic E-state index is 0.0362. The first-order valence-corrected chi connectivity index (χ1v) is 7.96. The van der Waals surface area contributed by atoms with Crippen molar-refractivity contribution in [2.45, 2.75) is 13.8 Å². The smallest absolute Gasteiger partial charge is 0.283 e. The van der Waals surface area contributed by atoms with Crippen LogP contribution in [0, 0.1) is 11.3 Å². The van der Waals surface area contributed by atoms with Crippen molar-refractivity contribution in [3.63, 3.8) is 0 Å². The van der Waals surface area contributed by atoms with Crippen molar-refractivity contribution in [2.24, 2.45) is 16.0 Å². The number of hydrazone groups is 1. The van der Waals surface area contributed by atoms with Gasteiger partial charge in [0.1, 0.15) is 10.8 Å². The average Bonchev–Trinajstić information content (AvgIpc) is 2.96. The molecule has 118 valence electrons. The van der Waals surface area contributed by atoms with Gasteiger partial charge in [-0.15, -0.1) is 0 Å². The summed E-state index contributed by atoms with van der Waals surface area (Å²) in [5.41, 5.74) is 0.925. The van der Waals surface area contributed by atoms with Crippen LogP contribution in [0.25, 0.3) is 6.08 Å². The zero-order chi connectivity index (χ0) is 16.6. The number of ether oxygens (including phenoxy) is 1. The molecule has 1 aromatic carbocycles. The van der Waals surface area contributed by atoms with Crippen LogP contribution >= 0.6 is 11.8 Å². The van der Waals surface area contributed by atoms with Gasteiger partial charge in [0.2, 0.25) is 5.17 Å². The first kappa shape index (κ1) is 15.5. The van der Waals surface area contributed by atoms with Gasteiger partial charge in [0.15, 0.2) is 5.84 Å². The summed E-state index contributed by atoms with van der Waals surface area (Å²) in [5, 5.41) is 15.4. The van der Waals surface area contributed by atoms with E-state index in [0.717, 1.165) is 10.6 Å². The summed E-state index contributed by atoms with van der Waals surface area (Å²) in [6.45, 7) is 4.03. The second-order valence-electron chi connectivity index (χ2n) is 5.35. The Balaban J connectivity index is 2.01. The molecule has 1 N–H and O–H groups in total. The first-order valence-electron chi connectivity index (χ1n) is 7.14. The highest BCUT2D eigenvalue weighted by Gasteiger charge is 2.36. The van der Waals surface area contributed by atoms with E-state index in [1.54, 1.807) is 19.3 Å². The fourth-order valence-electron chi connectivity index (χ4n) is 2.18. The molecule has 2 heterocycles. The predicted molar refractivity (Wildman–Crippen MR) is 92.8 cm³/mol. The monoisotopic (exact) mass is 328 g/mol. The van der Waals surface area contributed by atoms with Gasteiger partial charge >= 0.3 is 0 Å². The van der Waals surface area contributed by atoms with E-state index in [0.29, 0.717) is 10.9 Å². The molecule has 0 atom stereocenters. The van der Waals surface area contributed by atoms with E-state index < -0.39 is 5.91 Å². The molecule has 0 aromatic heterocycles. The third kappa shape index (κ3) is 2.79. The summed E-state index contributed by atoms with van der Waals surface area (Å²) in [6.07, 6.45) is 1.62. The number of rotatable bonds is 3. The highest BCUT2D eigenvalue weighted by atomic mass is 32.2. The molecule has 1 aromatic rings. The van der Waals surface area contributed by atoms with Gasteiger partial charge in [0.05, 0.1) is 12.7 Å². The summed E-state index contributed by atoms with van der Waals surface area (Å²) in [4.78, 5) is 16.4. The number of benzene rings is 1. The quantitative estimate of drug-likeness (QED) is 0.865. The number of para-hydroxylation sites is 1. The molecule has 6 nitrogen and oxygen atoms in total. The van der Waals surface area contributed by atoms with Crippen molar-refractivity contribution in [3.05, 3.63) is 35.4 Å². The number of amidine groups is 2. The largest absolute Gasteiger partial charge is 0.496 e. The van der Waals surface area contributed by atoms with E-state index in [-0.39, 0.29) is 17.3 Å². The minimum atomic E-state index is -0.431. The Kier molecular flexibility index (Phi) is 4.04. The predicted octanol–water partition coefficient (Wildman–Crippen LogP) is 2.97. The molecule has 0 saturated heterocycles. The van der Waals surface area contributed by atoms with Crippen molar-refractivity contribution in [1.29, 1.82) is 5.41 Å². The van der Waals surface area contributed by atoms with E-state index in [1.165, 1.54) is 16.8 Å². The second-order valence-corrected chi connectivity index (χ2v) is 6.34. The normalized spacial score (nSPS) is 19.1. The number of thioether (sulfide) groups is 1. The highest BCUT2D eigenvalue weighted by Crippen LogP contribution is 2.31. The average molecular weight is 328 g/mol. The summed E-state index contributed by atoms with van der Waals surface area (Å²) in [7, 11) is 1.57. The van der Waals surface area contributed by atoms with Crippen LogP contribution < -0.4 is 4.74 Å². The summed E-state index contributed by atoms with van der Waals surface area (Å²) in [6, 6.07) is 7.33. The third-order valence-corrected chi connectivity index (χ3v) is 4.61. The lowest BCUT2D eigenvalue weighted by atomic mass is 10.1. The van der Waals surface area contributed by atoms with Crippen LogP contribution in [0.15, 0.2) is 39.9 Å². The first-order chi connectivity index (χ1) is 11.0. The van der Waals surface area contributed by atoms with Crippen molar-refractivity contribution < 1.29 is 9.53 Å². The Morgan fingerprint density at radius 2 is 2.09 bits per heavy atom. The van der Waals surface area contributed by atoms with Gasteiger partial charge in [-0.05, 0) is 23.9 Å². The molecule has 0 fully saturated rings. The van der Waals surface area contributed by atoms with Crippen molar-refractivity contribution in [3.8, 4) is 5.75 Å². The highest BCUT2D eigenvalue weighted by molar-refractivity contribution is 8.27. The number of hydrogen-bond acceptors (Lipinski definition) is 5. The van der Waals surface area contributed by atoms with Gasteiger partial charge in [-0.25, -0.2) is 0 Å². The van der Waals surface area contributed by atoms with E-state index in [1.807, 2.05) is 32.0 Å². The molecule has 0 radical (unpaired) electrons. The number of methoxy groups -OCH3 is 1. The van der Waals surface area contributed by atoms with Crippen LogP contribution in [0.5, 0.6) is 5.75 Å². The summed E-state index contributed by atoms with van der Waals surface area (Å²) < 4.78 is 5.29. The maximum Gasteiger partial charge on any atom is 0.283 e. The SMILES string of the molecule is COc1ccccc1/C=C1\C(=N)N2N=C(C(C)C)SC2=NC1=O. The molecular weight excluding hydrogens is 312 g/mol. The van der Waals surface area contributed by atoms with E-state index in [9.17, 15) is 4.79 Å².